The van der Waals surface area contributed by atoms with Crippen LogP contribution in [0, 0.1) is 0 Å². The first-order chi connectivity index (χ1) is 10.0. The molecule has 0 spiro atoms. The monoisotopic (exact) mass is 349 g/mol. The average Bonchev–Trinajstić information content (AvgIpc) is 2.48. The topological polar surface area (TPSA) is 42.4 Å². The molecule has 1 N–H and O–H groups in total. The first kappa shape index (κ1) is 16.0. The van der Waals surface area contributed by atoms with Gasteiger partial charge in [-0.25, -0.2) is 0 Å². The molecule has 1 atom stereocenters. The molecule has 1 aromatic heterocycles. The quantitative estimate of drug-likeness (QED) is 0.854. The van der Waals surface area contributed by atoms with Crippen molar-refractivity contribution in [3.63, 3.8) is 0 Å². The summed E-state index contributed by atoms with van der Waals surface area (Å²) < 4.78 is 6.61. The summed E-state index contributed by atoms with van der Waals surface area (Å²) >= 11 is 3.41. The second kappa shape index (κ2) is 7.05. The molecule has 1 unspecified atom stereocenters. The van der Waals surface area contributed by atoms with Crippen LogP contribution >= 0.6 is 15.9 Å². The molecule has 0 aliphatic carbocycles. The molecule has 1 aromatic carbocycles. The summed E-state index contributed by atoms with van der Waals surface area (Å²) in [5, 5.41) is 10.8. The minimum atomic E-state index is -0.980. The summed E-state index contributed by atoms with van der Waals surface area (Å²) in [6.45, 7) is 4.51. The molecule has 3 nitrogen and oxygen atoms in total. The lowest BCUT2D eigenvalue weighted by molar-refractivity contribution is 0.0569. The molecule has 0 aliphatic heterocycles. The van der Waals surface area contributed by atoms with E-state index in [9.17, 15) is 5.11 Å². The summed E-state index contributed by atoms with van der Waals surface area (Å²) in [6.07, 6.45) is 4.84. The fourth-order valence-electron chi connectivity index (χ4n) is 2.11. The van der Waals surface area contributed by atoms with Crippen LogP contribution in [0.1, 0.15) is 31.4 Å². The standard InChI is InChI=1S/C17H20BrNO2/c1-3-8-21-16-9-14(11-19-12-16)17(2,20)10-13-4-6-15(18)7-5-13/h4-7,9,11-12,20H,3,8,10H2,1-2H3. The van der Waals surface area contributed by atoms with Gasteiger partial charge in [0, 0.05) is 22.7 Å². The van der Waals surface area contributed by atoms with Gasteiger partial charge in [-0.3, -0.25) is 4.98 Å². The van der Waals surface area contributed by atoms with Gasteiger partial charge in [-0.2, -0.15) is 0 Å². The fourth-order valence-corrected chi connectivity index (χ4v) is 2.38. The van der Waals surface area contributed by atoms with Gasteiger partial charge in [0.1, 0.15) is 5.75 Å². The number of rotatable bonds is 6. The van der Waals surface area contributed by atoms with Crippen LogP contribution in [0.25, 0.3) is 0 Å². The van der Waals surface area contributed by atoms with E-state index in [4.69, 9.17) is 4.74 Å². The molecule has 0 aliphatic rings. The Balaban J connectivity index is 2.16. The Kier molecular flexibility index (Phi) is 5.37. The molecule has 1 heterocycles. The van der Waals surface area contributed by atoms with E-state index in [1.54, 1.807) is 19.3 Å². The highest BCUT2D eigenvalue weighted by Crippen LogP contribution is 2.27. The van der Waals surface area contributed by atoms with Gasteiger partial charge in [0.25, 0.3) is 0 Å². The van der Waals surface area contributed by atoms with Crippen molar-refractivity contribution in [1.29, 1.82) is 0 Å². The zero-order chi connectivity index (χ0) is 15.3. The van der Waals surface area contributed by atoms with Crippen LogP contribution in [-0.4, -0.2) is 16.7 Å². The number of aromatic nitrogens is 1. The largest absolute Gasteiger partial charge is 0.492 e. The van der Waals surface area contributed by atoms with Crippen LogP contribution in [0.3, 0.4) is 0 Å². The van der Waals surface area contributed by atoms with Gasteiger partial charge in [0.2, 0.25) is 0 Å². The van der Waals surface area contributed by atoms with Gasteiger partial charge < -0.3 is 9.84 Å². The van der Waals surface area contributed by atoms with Crippen molar-refractivity contribution in [2.24, 2.45) is 0 Å². The highest BCUT2D eigenvalue weighted by atomic mass is 79.9. The van der Waals surface area contributed by atoms with Gasteiger partial charge in [-0.05, 0) is 37.1 Å². The molecule has 21 heavy (non-hydrogen) atoms. The van der Waals surface area contributed by atoms with E-state index in [0.717, 1.165) is 22.0 Å². The van der Waals surface area contributed by atoms with E-state index >= 15 is 0 Å². The normalized spacial score (nSPS) is 13.7. The van der Waals surface area contributed by atoms with Crippen molar-refractivity contribution in [3.8, 4) is 5.75 Å². The van der Waals surface area contributed by atoms with Crippen LogP contribution < -0.4 is 4.74 Å². The Morgan fingerprint density at radius 1 is 1.24 bits per heavy atom. The lowest BCUT2D eigenvalue weighted by Crippen LogP contribution is -2.24. The number of pyridine rings is 1. The molecular weight excluding hydrogens is 330 g/mol. The molecule has 0 saturated heterocycles. The van der Waals surface area contributed by atoms with Crippen molar-refractivity contribution >= 4 is 15.9 Å². The summed E-state index contributed by atoms with van der Waals surface area (Å²) in [5.41, 5.74) is 0.856. The van der Waals surface area contributed by atoms with Gasteiger partial charge in [0.15, 0.2) is 0 Å². The maximum absolute atomic E-state index is 10.8. The number of aliphatic hydroxyl groups is 1. The van der Waals surface area contributed by atoms with E-state index in [1.165, 1.54) is 0 Å². The first-order valence-electron chi connectivity index (χ1n) is 7.06. The third-order valence-corrected chi connectivity index (χ3v) is 3.80. The molecule has 0 fully saturated rings. The van der Waals surface area contributed by atoms with E-state index < -0.39 is 5.60 Å². The van der Waals surface area contributed by atoms with Gasteiger partial charge in [-0.15, -0.1) is 0 Å². The van der Waals surface area contributed by atoms with Crippen molar-refractivity contribution in [1.82, 2.24) is 4.98 Å². The number of ether oxygens (including phenoxy) is 1. The lowest BCUT2D eigenvalue weighted by Gasteiger charge is -2.24. The average molecular weight is 350 g/mol. The van der Waals surface area contributed by atoms with Gasteiger partial charge in [0.05, 0.1) is 18.4 Å². The van der Waals surface area contributed by atoms with Crippen LogP contribution in [0.5, 0.6) is 5.75 Å². The number of halogens is 1. The molecule has 0 bridgehead atoms. The lowest BCUT2D eigenvalue weighted by atomic mass is 9.90. The van der Waals surface area contributed by atoms with E-state index in [1.807, 2.05) is 30.3 Å². The van der Waals surface area contributed by atoms with Crippen molar-refractivity contribution < 1.29 is 9.84 Å². The minimum absolute atomic E-state index is 0.527. The Labute approximate surface area is 134 Å². The molecule has 0 radical (unpaired) electrons. The molecule has 0 saturated carbocycles. The fraction of sp³-hybridized carbons (Fsp3) is 0.353. The van der Waals surface area contributed by atoms with Crippen molar-refractivity contribution in [2.75, 3.05) is 6.61 Å². The predicted molar refractivity (Wildman–Crippen MR) is 87.4 cm³/mol. The van der Waals surface area contributed by atoms with Crippen LogP contribution in [-0.2, 0) is 12.0 Å². The van der Waals surface area contributed by atoms with Crippen molar-refractivity contribution in [3.05, 3.63) is 58.3 Å². The molecule has 0 amide bonds. The predicted octanol–water partition coefficient (Wildman–Crippen LogP) is 4.08. The van der Waals surface area contributed by atoms with E-state index in [2.05, 4.69) is 27.8 Å². The summed E-state index contributed by atoms with van der Waals surface area (Å²) in [5.74, 6) is 0.699. The molecule has 2 rings (SSSR count). The number of nitrogens with zero attached hydrogens (tertiary/aromatic N) is 1. The zero-order valence-corrected chi connectivity index (χ0v) is 13.9. The maximum atomic E-state index is 10.8. The Hall–Kier alpha value is -1.39. The third-order valence-electron chi connectivity index (χ3n) is 3.27. The van der Waals surface area contributed by atoms with Crippen LogP contribution in [0.4, 0.5) is 0 Å². The Bertz CT molecular complexity index is 582. The van der Waals surface area contributed by atoms with Crippen LogP contribution in [0.15, 0.2) is 47.2 Å². The highest BCUT2D eigenvalue weighted by molar-refractivity contribution is 9.10. The van der Waals surface area contributed by atoms with Gasteiger partial charge >= 0.3 is 0 Å². The van der Waals surface area contributed by atoms with Crippen molar-refractivity contribution in [2.45, 2.75) is 32.3 Å². The van der Waals surface area contributed by atoms with Gasteiger partial charge in [-0.1, -0.05) is 35.0 Å². The molecular formula is C17H20BrNO2. The Morgan fingerprint density at radius 3 is 2.62 bits per heavy atom. The summed E-state index contributed by atoms with van der Waals surface area (Å²) in [6, 6.07) is 9.82. The Morgan fingerprint density at radius 2 is 1.95 bits per heavy atom. The minimum Gasteiger partial charge on any atom is -0.492 e. The smallest absolute Gasteiger partial charge is 0.137 e. The van der Waals surface area contributed by atoms with E-state index in [0.29, 0.717) is 18.8 Å². The first-order valence-corrected chi connectivity index (χ1v) is 7.86. The molecule has 2 aromatic rings. The number of hydrogen-bond acceptors (Lipinski definition) is 3. The number of benzene rings is 1. The summed E-state index contributed by atoms with van der Waals surface area (Å²) in [7, 11) is 0. The molecule has 112 valence electrons. The second-order valence-corrected chi connectivity index (χ2v) is 6.25. The maximum Gasteiger partial charge on any atom is 0.137 e. The summed E-state index contributed by atoms with van der Waals surface area (Å²) in [4.78, 5) is 4.17. The SMILES string of the molecule is CCCOc1cncc(C(C)(O)Cc2ccc(Br)cc2)c1. The molecule has 4 heteroatoms. The number of hydrogen-bond donors (Lipinski definition) is 1. The second-order valence-electron chi connectivity index (χ2n) is 5.33. The van der Waals surface area contributed by atoms with Crippen LogP contribution in [0.2, 0.25) is 0 Å². The van der Waals surface area contributed by atoms with E-state index in [-0.39, 0.29) is 0 Å². The highest BCUT2D eigenvalue weighted by Gasteiger charge is 2.24. The third kappa shape index (κ3) is 4.55. The zero-order valence-electron chi connectivity index (χ0n) is 12.3.